The van der Waals surface area contributed by atoms with E-state index in [1.54, 1.807) is 6.07 Å². The molecule has 0 spiro atoms. The lowest BCUT2D eigenvalue weighted by Gasteiger charge is -2.32. The van der Waals surface area contributed by atoms with Gasteiger partial charge in [0.15, 0.2) is 0 Å². The van der Waals surface area contributed by atoms with Crippen molar-refractivity contribution in [3.8, 4) is 0 Å². The number of nitrogens with zero attached hydrogens (tertiary/aromatic N) is 1. The van der Waals surface area contributed by atoms with E-state index < -0.39 is 0 Å². The summed E-state index contributed by atoms with van der Waals surface area (Å²) in [6.45, 7) is 1.84. The van der Waals surface area contributed by atoms with E-state index in [0.29, 0.717) is 22.5 Å². The van der Waals surface area contributed by atoms with E-state index in [9.17, 15) is 4.79 Å². The van der Waals surface area contributed by atoms with Crippen LogP contribution in [0.25, 0.3) is 0 Å². The Hall–Kier alpha value is -0.580. The summed E-state index contributed by atoms with van der Waals surface area (Å²) in [5.41, 5.74) is 0. The fraction of sp³-hybridized carbons (Fsp3) is 0.583. The molecular formula is C12H17ClN2OS. The molecule has 2 heterocycles. The molecule has 94 valence electrons. The van der Waals surface area contributed by atoms with Crippen molar-refractivity contribution in [3.05, 3.63) is 21.3 Å². The van der Waals surface area contributed by atoms with E-state index in [0.717, 1.165) is 13.0 Å². The Bertz CT molecular complexity index is 394. The number of likely N-dealkylation sites (tertiary alicyclic amines) is 1. The average molecular weight is 273 g/mol. The first-order chi connectivity index (χ1) is 8.18. The Labute approximate surface area is 111 Å². The fourth-order valence-corrected chi connectivity index (χ4v) is 3.21. The highest BCUT2D eigenvalue weighted by Gasteiger charge is 2.20. The monoisotopic (exact) mass is 272 g/mol. The number of piperidine rings is 1. The minimum atomic E-state index is -0.0519. The Morgan fingerprint density at radius 3 is 3.12 bits per heavy atom. The van der Waals surface area contributed by atoms with Crippen molar-refractivity contribution in [1.82, 2.24) is 10.2 Å². The molecule has 1 amide bonds. The molecule has 1 N–H and O–H groups in total. The second-order valence-corrected chi connectivity index (χ2v) is 5.76. The number of hydrogen-bond acceptors (Lipinski definition) is 3. The van der Waals surface area contributed by atoms with Gasteiger partial charge in [-0.15, -0.1) is 11.3 Å². The lowest BCUT2D eigenvalue weighted by atomic mass is 10.0. The number of carbonyl (C=O) groups excluding carboxylic acids is 1. The molecule has 1 atom stereocenters. The zero-order valence-electron chi connectivity index (χ0n) is 9.91. The number of thiophene rings is 1. The summed E-state index contributed by atoms with van der Waals surface area (Å²) in [6, 6.07) is 2.22. The van der Waals surface area contributed by atoms with Crippen molar-refractivity contribution < 1.29 is 4.79 Å². The average Bonchev–Trinajstić information content (AvgIpc) is 2.74. The lowest BCUT2D eigenvalue weighted by Crippen LogP contribution is -2.44. The van der Waals surface area contributed by atoms with Crippen LogP contribution in [0.1, 0.15) is 28.9 Å². The van der Waals surface area contributed by atoms with Crippen LogP contribution in [-0.4, -0.2) is 37.0 Å². The molecule has 1 aliphatic heterocycles. The highest BCUT2D eigenvalue weighted by atomic mass is 35.5. The Morgan fingerprint density at radius 1 is 1.65 bits per heavy atom. The van der Waals surface area contributed by atoms with Crippen LogP contribution in [0.3, 0.4) is 0 Å². The molecule has 17 heavy (non-hydrogen) atoms. The molecule has 2 rings (SSSR count). The maximum atomic E-state index is 11.9. The third-order valence-corrected chi connectivity index (χ3v) is 4.58. The molecule has 3 nitrogen and oxygen atoms in total. The Kier molecular flexibility index (Phi) is 4.42. The maximum Gasteiger partial charge on any atom is 0.262 e. The number of rotatable bonds is 3. The molecule has 1 aromatic heterocycles. The number of carbonyl (C=O) groups is 1. The van der Waals surface area contributed by atoms with E-state index in [2.05, 4.69) is 17.3 Å². The molecule has 0 radical (unpaired) electrons. The van der Waals surface area contributed by atoms with E-state index >= 15 is 0 Å². The summed E-state index contributed by atoms with van der Waals surface area (Å²) in [6.07, 6.45) is 3.68. The van der Waals surface area contributed by atoms with Gasteiger partial charge in [0.2, 0.25) is 0 Å². The molecule has 5 heteroatoms. The van der Waals surface area contributed by atoms with Crippen LogP contribution in [0.5, 0.6) is 0 Å². The second-order valence-electron chi connectivity index (χ2n) is 4.44. The first-order valence-corrected chi connectivity index (χ1v) is 7.15. The van der Waals surface area contributed by atoms with Crippen molar-refractivity contribution in [3.63, 3.8) is 0 Å². The van der Waals surface area contributed by atoms with Crippen molar-refractivity contribution in [2.75, 3.05) is 20.1 Å². The highest BCUT2D eigenvalue weighted by molar-refractivity contribution is 7.12. The van der Waals surface area contributed by atoms with Crippen molar-refractivity contribution in [1.29, 1.82) is 0 Å². The summed E-state index contributed by atoms with van der Waals surface area (Å²) in [5, 5.41) is 5.35. The molecule has 1 aromatic rings. The molecule has 0 aromatic carbocycles. The van der Waals surface area contributed by atoms with Crippen molar-refractivity contribution in [2.45, 2.75) is 25.3 Å². The van der Waals surface area contributed by atoms with Gasteiger partial charge in [0, 0.05) is 12.6 Å². The van der Waals surface area contributed by atoms with Gasteiger partial charge in [-0.3, -0.25) is 4.79 Å². The van der Waals surface area contributed by atoms with Crippen LogP contribution in [0.2, 0.25) is 5.02 Å². The first kappa shape index (κ1) is 12.9. The molecule has 1 unspecified atom stereocenters. The van der Waals surface area contributed by atoms with Crippen LogP contribution in [-0.2, 0) is 0 Å². The SMILES string of the molecule is CN1CCCCC1CNC(=O)c1sccc1Cl. The normalized spacial score (nSPS) is 21.4. The van der Waals surface area contributed by atoms with Crippen LogP contribution in [0.4, 0.5) is 0 Å². The molecule has 1 saturated heterocycles. The predicted molar refractivity (Wildman–Crippen MR) is 71.9 cm³/mol. The van der Waals surface area contributed by atoms with Crippen molar-refractivity contribution >= 4 is 28.8 Å². The number of amides is 1. The van der Waals surface area contributed by atoms with Gasteiger partial charge in [-0.05, 0) is 37.9 Å². The minimum absolute atomic E-state index is 0.0519. The van der Waals surface area contributed by atoms with Gasteiger partial charge in [0.1, 0.15) is 4.88 Å². The Balaban J connectivity index is 1.86. The lowest BCUT2D eigenvalue weighted by molar-refractivity contribution is 0.0932. The van der Waals surface area contributed by atoms with Gasteiger partial charge in [-0.2, -0.15) is 0 Å². The fourth-order valence-electron chi connectivity index (χ4n) is 2.15. The topological polar surface area (TPSA) is 32.3 Å². The maximum absolute atomic E-state index is 11.9. The molecule has 1 fully saturated rings. The third-order valence-electron chi connectivity index (χ3n) is 3.24. The van der Waals surface area contributed by atoms with Gasteiger partial charge in [-0.1, -0.05) is 18.0 Å². The van der Waals surface area contributed by atoms with E-state index in [-0.39, 0.29) is 5.91 Å². The van der Waals surface area contributed by atoms with Crippen molar-refractivity contribution in [2.24, 2.45) is 0 Å². The van der Waals surface area contributed by atoms with E-state index in [4.69, 9.17) is 11.6 Å². The minimum Gasteiger partial charge on any atom is -0.350 e. The van der Waals surface area contributed by atoms with Gasteiger partial charge < -0.3 is 10.2 Å². The highest BCUT2D eigenvalue weighted by Crippen LogP contribution is 2.21. The van der Waals surface area contributed by atoms with Crippen LogP contribution in [0.15, 0.2) is 11.4 Å². The largest absolute Gasteiger partial charge is 0.350 e. The van der Waals surface area contributed by atoms with Crippen LogP contribution in [0, 0.1) is 0 Å². The van der Waals surface area contributed by atoms with Crippen LogP contribution < -0.4 is 5.32 Å². The van der Waals surface area contributed by atoms with Gasteiger partial charge in [0.25, 0.3) is 5.91 Å². The number of likely N-dealkylation sites (N-methyl/N-ethyl adjacent to an activating group) is 1. The standard InChI is InChI=1S/C12H17ClN2OS/c1-15-6-3-2-4-9(15)8-14-12(16)11-10(13)5-7-17-11/h5,7,9H,2-4,6,8H2,1H3,(H,14,16). The second kappa shape index (κ2) is 5.85. The smallest absolute Gasteiger partial charge is 0.262 e. The van der Waals surface area contributed by atoms with Gasteiger partial charge in [-0.25, -0.2) is 0 Å². The number of halogens is 1. The third kappa shape index (κ3) is 3.21. The van der Waals surface area contributed by atoms with E-state index in [1.165, 1.54) is 24.2 Å². The predicted octanol–water partition coefficient (Wildman–Crippen LogP) is 2.62. The summed E-state index contributed by atoms with van der Waals surface area (Å²) in [7, 11) is 2.12. The molecular weight excluding hydrogens is 256 g/mol. The quantitative estimate of drug-likeness (QED) is 0.917. The number of nitrogens with one attached hydrogen (secondary N) is 1. The van der Waals surface area contributed by atoms with E-state index in [1.807, 2.05) is 5.38 Å². The Morgan fingerprint density at radius 2 is 2.47 bits per heavy atom. The zero-order chi connectivity index (χ0) is 12.3. The number of hydrogen-bond donors (Lipinski definition) is 1. The summed E-state index contributed by atoms with van der Waals surface area (Å²) in [5.74, 6) is -0.0519. The summed E-state index contributed by atoms with van der Waals surface area (Å²) >= 11 is 7.31. The van der Waals surface area contributed by atoms with Gasteiger partial charge in [0.05, 0.1) is 5.02 Å². The zero-order valence-corrected chi connectivity index (χ0v) is 11.5. The molecule has 1 aliphatic rings. The first-order valence-electron chi connectivity index (χ1n) is 5.90. The molecule has 0 aliphatic carbocycles. The summed E-state index contributed by atoms with van der Waals surface area (Å²) in [4.78, 5) is 14.8. The van der Waals surface area contributed by atoms with Gasteiger partial charge >= 0.3 is 0 Å². The van der Waals surface area contributed by atoms with Crippen LogP contribution >= 0.6 is 22.9 Å². The molecule has 0 bridgehead atoms. The summed E-state index contributed by atoms with van der Waals surface area (Å²) < 4.78 is 0. The molecule has 0 saturated carbocycles.